The predicted octanol–water partition coefficient (Wildman–Crippen LogP) is 7.22. The average Bonchev–Trinajstić information content (AvgIpc) is 2.75. The fraction of sp³-hybridized carbons (Fsp3) is 0.750. The first-order valence-electron chi connectivity index (χ1n) is 7.65. The van der Waals surface area contributed by atoms with Crippen molar-refractivity contribution in [2.24, 2.45) is 0 Å². The number of allylic oxidation sites excluding steroid dienone is 4. The second kappa shape index (κ2) is 1.80. The molecule has 0 radical (unpaired) electrons. The third kappa shape index (κ3) is 1.50. The van der Waals surface area contributed by atoms with E-state index < -0.39 is 12.8 Å². The van der Waals surface area contributed by atoms with Crippen molar-refractivity contribution in [3.63, 3.8) is 0 Å². The predicted molar refractivity (Wildman–Crippen MR) is 82.6 cm³/mol. The van der Waals surface area contributed by atoms with Gasteiger partial charge in [0.1, 0.15) is 0 Å². The Labute approximate surface area is 96.6 Å². The first-order chi connectivity index (χ1) is 7.00. The SMILES string of the molecule is C[CH2][Zr]([CH3])([CH3])([CH3])([CH3])([CH3])([CH2]C)([CH2]C)[C]1=CC=CC1. The molecule has 1 heteroatoms. The Bertz CT molecular complexity index is 485. The first-order valence-corrected chi connectivity index (χ1v) is 26.4. The Kier molecular flexibility index (Phi) is 1.63. The summed E-state index contributed by atoms with van der Waals surface area (Å²) in [6, 6.07) is 0. The first kappa shape index (κ1) is 15.4. The van der Waals surface area contributed by atoms with Crippen LogP contribution in [-0.4, -0.2) is 0 Å². The zero-order chi connectivity index (χ0) is 13.9. The molecule has 0 aliphatic heterocycles. The summed E-state index contributed by atoms with van der Waals surface area (Å²) in [6.45, 7) is 7.29. The molecule has 0 spiro atoms. The van der Waals surface area contributed by atoms with E-state index >= 15 is 0 Å². The van der Waals surface area contributed by atoms with Gasteiger partial charge in [-0.25, -0.2) is 0 Å². The minimum atomic E-state index is -4.63. The third-order valence-electron chi connectivity index (χ3n) is 10.4. The van der Waals surface area contributed by atoms with Gasteiger partial charge in [-0.2, -0.15) is 0 Å². The van der Waals surface area contributed by atoms with Crippen LogP contribution in [0.25, 0.3) is 0 Å². The molecule has 1 aliphatic carbocycles. The van der Waals surface area contributed by atoms with Gasteiger partial charge in [-0.15, -0.1) is 0 Å². The molecule has 0 fully saturated rings. The van der Waals surface area contributed by atoms with Crippen molar-refractivity contribution in [2.45, 2.75) is 62.7 Å². The molecule has 0 saturated carbocycles. The van der Waals surface area contributed by atoms with E-state index in [1.165, 1.54) is 12.4 Å². The van der Waals surface area contributed by atoms with E-state index in [2.05, 4.69) is 62.2 Å². The number of rotatable bonds is 4. The zero-order valence-electron chi connectivity index (χ0n) is 13.6. The van der Waals surface area contributed by atoms with Gasteiger partial charge in [0.05, 0.1) is 0 Å². The normalized spacial score (nSPS) is 28.9. The zero-order valence-corrected chi connectivity index (χ0v) is 16.0. The monoisotopic (exact) mass is 317 g/mol. The summed E-state index contributed by atoms with van der Waals surface area (Å²) in [7, 11) is 0. The molecule has 0 atom stereocenters. The van der Waals surface area contributed by atoms with E-state index in [-0.39, 0.29) is 0 Å². The number of hydrogen-bond acceptors (Lipinski definition) is 0. The minimum absolute atomic E-state index is 1.15. The van der Waals surface area contributed by atoms with Crippen molar-refractivity contribution >= 4 is 0 Å². The van der Waals surface area contributed by atoms with Crippen LogP contribution in [0.5, 0.6) is 0 Å². The van der Waals surface area contributed by atoms with Gasteiger partial charge in [0.2, 0.25) is 0 Å². The van der Waals surface area contributed by atoms with Crippen LogP contribution >= 0.6 is 0 Å². The van der Waals surface area contributed by atoms with E-state index in [0.717, 1.165) is 6.42 Å². The molecule has 103 valence electrons. The summed E-state index contributed by atoms with van der Waals surface area (Å²) < 4.78 is 19.0. The van der Waals surface area contributed by atoms with E-state index in [0.29, 0.717) is 0 Å². The van der Waals surface area contributed by atoms with Crippen LogP contribution in [0.1, 0.15) is 27.2 Å². The van der Waals surface area contributed by atoms with E-state index in [1.807, 2.05) is 0 Å². The molecule has 0 N–H and O–H groups in total. The van der Waals surface area contributed by atoms with Crippen LogP contribution in [0.2, 0.25) is 35.5 Å². The topological polar surface area (TPSA) is 0 Å². The molecule has 0 heterocycles. The average molecular weight is 319 g/mol. The molecule has 1 rings (SSSR count). The van der Waals surface area contributed by atoms with Crippen LogP contribution in [0.4, 0.5) is 0 Å². The Morgan fingerprint density at radius 3 is 1.53 bits per heavy atom. The van der Waals surface area contributed by atoms with Crippen molar-refractivity contribution in [2.75, 3.05) is 0 Å². The van der Waals surface area contributed by atoms with Crippen molar-refractivity contribution in [3.8, 4) is 0 Å². The molecule has 0 amide bonds. The summed E-state index contributed by atoms with van der Waals surface area (Å²) in [6.07, 6.45) is 8.19. The molecular formula is C16H35Zr. The van der Waals surface area contributed by atoms with Gasteiger partial charge in [0.15, 0.2) is 0 Å². The van der Waals surface area contributed by atoms with Gasteiger partial charge in [-0.1, -0.05) is 0 Å². The molecule has 1 aliphatic rings. The van der Waals surface area contributed by atoms with Crippen LogP contribution in [-0.2, 0) is 12.8 Å². The van der Waals surface area contributed by atoms with E-state index in [4.69, 9.17) is 0 Å². The van der Waals surface area contributed by atoms with Gasteiger partial charge in [0.25, 0.3) is 0 Å². The van der Waals surface area contributed by atoms with Crippen molar-refractivity contribution in [1.82, 2.24) is 0 Å². The molecule has 0 aromatic heterocycles. The Morgan fingerprint density at radius 1 is 0.882 bits per heavy atom. The Hall–Kier alpha value is 0.363. The summed E-state index contributed by atoms with van der Waals surface area (Å²) in [5.74, 6) is 0. The van der Waals surface area contributed by atoms with E-state index in [1.54, 1.807) is 3.28 Å². The van der Waals surface area contributed by atoms with Crippen molar-refractivity contribution in [1.29, 1.82) is 0 Å². The number of hydrogen-bond donors (Lipinski definition) is 0. The standard InChI is InChI=1S/C5H5.3C2H5.5CH3.Zr/c1-2-4-5-3-1;3*1-2;;;;;;/h1-3H,4H2;3*1H2,2H3;5*1H3;. The van der Waals surface area contributed by atoms with Gasteiger partial charge in [-0.05, 0) is 0 Å². The van der Waals surface area contributed by atoms with Crippen LogP contribution < -0.4 is 0 Å². The molecular weight excluding hydrogens is 283 g/mol. The molecule has 0 saturated heterocycles. The Balaban J connectivity index is 4.16. The second-order valence-corrected chi connectivity index (χ2v) is 85.1. The quantitative estimate of drug-likeness (QED) is 0.513. The van der Waals surface area contributed by atoms with Gasteiger partial charge >= 0.3 is 97.1 Å². The molecule has 17 heavy (non-hydrogen) atoms. The summed E-state index contributed by atoms with van der Waals surface area (Å²) >= 11 is -4.63. The van der Waals surface area contributed by atoms with Crippen molar-refractivity contribution < 1.29 is 12.8 Å². The van der Waals surface area contributed by atoms with Gasteiger partial charge < -0.3 is 0 Å². The molecule has 0 nitrogen and oxygen atoms in total. The molecule has 0 aromatic carbocycles. The fourth-order valence-corrected chi connectivity index (χ4v) is 17.3. The van der Waals surface area contributed by atoms with Gasteiger partial charge in [-0.3, -0.25) is 0 Å². The molecule has 0 aromatic rings. The van der Waals surface area contributed by atoms with Gasteiger partial charge in [0, 0.05) is 0 Å². The van der Waals surface area contributed by atoms with Crippen molar-refractivity contribution in [3.05, 3.63) is 21.5 Å². The van der Waals surface area contributed by atoms with Crippen LogP contribution in [0.3, 0.4) is 0 Å². The summed E-state index contributed by atoms with van der Waals surface area (Å²) in [5, 5.41) is 0. The maximum atomic E-state index is 2.69. The molecule has 0 unspecified atom stereocenters. The second-order valence-electron chi connectivity index (χ2n) is 15.2. The van der Waals surface area contributed by atoms with Crippen LogP contribution in [0, 0.1) is 0 Å². The fourth-order valence-electron chi connectivity index (χ4n) is 3.20. The van der Waals surface area contributed by atoms with E-state index in [9.17, 15) is 0 Å². The maximum absolute atomic E-state index is 4.63. The third-order valence-corrected chi connectivity index (χ3v) is 58.6. The van der Waals surface area contributed by atoms with Crippen LogP contribution in [0.15, 0.2) is 21.5 Å². The summed E-state index contributed by atoms with van der Waals surface area (Å²) in [4.78, 5) is 0. The summed E-state index contributed by atoms with van der Waals surface area (Å²) in [5.41, 5.74) is 0. The Morgan fingerprint density at radius 2 is 1.29 bits per heavy atom. The molecule has 0 bridgehead atoms.